The van der Waals surface area contributed by atoms with Crippen molar-refractivity contribution in [3.8, 4) is 6.07 Å². The van der Waals surface area contributed by atoms with E-state index in [-0.39, 0.29) is 5.56 Å². The lowest BCUT2D eigenvalue weighted by atomic mass is 10.2. The molecule has 0 amide bonds. The number of nitrogens with zero attached hydrogens (tertiary/aromatic N) is 6. The first-order valence-electron chi connectivity index (χ1n) is 7.78. The Morgan fingerprint density at radius 3 is 2.46 bits per heavy atom. The highest BCUT2D eigenvalue weighted by Gasteiger charge is 2.20. The maximum Gasteiger partial charge on any atom is 0.227 e. The van der Waals surface area contributed by atoms with Crippen LogP contribution in [0.25, 0.3) is 0 Å². The van der Waals surface area contributed by atoms with E-state index >= 15 is 0 Å². The van der Waals surface area contributed by atoms with Gasteiger partial charge in [0.05, 0.1) is 5.56 Å². The number of aromatic nitrogens is 2. The minimum atomic E-state index is -0.473. The Morgan fingerprint density at radius 1 is 1.12 bits per heavy atom. The quantitative estimate of drug-likeness (QED) is 0.858. The first-order chi connectivity index (χ1) is 11.6. The Labute approximate surface area is 140 Å². The third-order valence-electron chi connectivity index (χ3n) is 4.09. The molecule has 2 heterocycles. The van der Waals surface area contributed by atoms with Crippen molar-refractivity contribution in [3.05, 3.63) is 41.8 Å². The second-order valence-electron chi connectivity index (χ2n) is 5.86. The van der Waals surface area contributed by atoms with Crippen LogP contribution in [0.2, 0.25) is 0 Å². The lowest BCUT2D eigenvalue weighted by Gasteiger charge is -2.36. The summed E-state index contributed by atoms with van der Waals surface area (Å²) in [6.07, 6.45) is 1.76. The average molecular weight is 326 g/mol. The summed E-state index contributed by atoms with van der Waals surface area (Å²) in [6, 6.07) is 8.47. The molecule has 0 spiro atoms. The van der Waals surface area contributed by atoms with Gasteiger partial charge in [0.15, 0.2) is 0 Å². The first-order valence-corrected chi connectivity index (χ1v) is 7.78. The third kappa shape index (κ3) is 3.23. The molecule has 1 aromatic carbocycles. The Hall–Kier alpha value is -2.88. The minimum absolute atomic E-state index is 0.0753. The van der Waals surface area contributed by atoms with E-state index in [9.17, 15) is 4.39 Å². The number of hydrogen-bond donors (Lipinski definition) is 0. The molecule has 24 heavy (non-hydrogen) atoms. The Morgan fingerprint density at radius 2 is 1.83 bits per heavy atom. The Kier molecular flexibility index (Phi) is 4.47. The zero-order valence-electron chi connectivity index (χ0n) is 13.8. The maximum absolute atomic E-state index is 13.8. The summed E-state index contributed by atoms with van der Waals surface area (Å²) in [6.45, 7) is 3.03. The van der Waals surface area contributed by atoms with Crippen LogP contribution in [0.5, 0.6) is 0 Å². The summed E-state index contributed by atoms with van der Waals surface area (Å²) in [5.41, 5.74) is 0.875. The van der Waals surface area contributed by atoms with E-state index in [0.29, 0.717) is 5.95 Å². The summed E-state index contributed by atoms with van der Waals surface area (Å²) in [5, 5.41) is 8.81. The molecule has 1 fully saturated rings. The number of benzene rings is 1. The van der Waals surface area contributed by atoms with E-state index in [0.717, 1.165) is 37.7 Å². The zero-order valence-corrected chi connectivity index (χ0v) is 13.8. The fourth-order valence-corrected chi connectivity index (χ4v) is 2.70. The summed E-state index contributed by atoms with van der Waals surface area (Å²) in [4.78, 5) is 15.1. The van der Waals surface area contributed by atoms with Crippen LogP contribution in [0.1, 0.15) is 5.56 Å². The SMILES string of the molecule is CN(C)c1ccnc(N2CCN(c3ccc(C#N)c(F)c3)CC2)n1. The van der Waals surface area contributed by atoms with Gasteiger partial charge in [-0.05, 0) is 24.3 Å². The van der Waals surface area contributed by atoms with Crippen molar-refractivity contribution in [3.63, 3.8) is 0 Å². The highest BCUT2D eigenvalue weighted by molar-refractivity contribution is 5.52. The van der Waals surface area contributed by atoms with Crippen molar-refractivity contribution in [2.45, 2.75) is 0 Å². The van der Waals surface area contributed by atoms with Crippen LogP contribution in [0.15, 0.2) is 30.5 Å². The number of piperazine rings is 1. The van der Waals surface area contributed by atoms with Crippen LogP contribution in [0.3, 0.4) is 0 Å². The van der Waals surface area contributed by atoms with Gasteiger partial charge in [0.1, 0.15) is 17.7 Å². The van der Waals surface area contributed by atoms with E-state index < -0.39 is 5.82 Å². The standard InChI is InChI=1S/C17H19FN6/c1-22(2)16-5-6-20-17(21-16)24-9-7-23(8-10-24)14-4-3-13(12-19)15(18)11-14/h3-6,11H,7-10H2,1-2H3. The van der Waals surface area contributed by atoms with Crippen LogP contribution in [-0.4, -0.2) is 50.2 Å². The Balaban J connectivity index is 1.69. The predicted octanol–water partition coefficient (Wildman–Crippen LogP) is 1.88. The highest BCUT2D eigenvalue weighted by atomic mass is 19.1. The molecule has 0 unspecified atom stereocenters. The van der Waals surface area contributed by atoms with Gasteiger partial charge < -0.3 is 14.7 Å². The van der Waals surface area contributed by atoms with Gasteiger partial charge in [-0.15, -0.1) is 0 Å². The predicted molar refractivity (Wildman–Crippen MR) is 91.9 cm³/mol. The fourth-order valence-electron chi connectivity index (χ4n) is 2.70. The molecule has 2 aromatic rings. The second-order valence-corrected chi connectivity index (χ2v) is 5.86. The number of hydrogen-bond acceptors (Lipinski definition) is 6. The molecule has 6 nitrogen and oxygen atoms in total. The van der Waals surface area contributed by atoms with Gasteiger partial charge >= 0.3 is 0 Å². The summed E-state index contributed by atoms with van der Waals surface area (Å²) in [5.74, 6) is 1.11. The van der Waals surface area contributed by atoms with Gasteiger partial charge in [-0.25, -0.2) is 9.37 Å². The maximum atomic E-state index is 13.8. The van der Waals surface area contributed by atoms with Crippen molar-refractivity contribution in [2.24, 2.45) is 0 Å². The van der Waals surface area contributed by atoms with E-state index in [1.165, 1.54) is 12.1 Å². The van der Waals surface area contributed by atoms with Crippen LogP contribution >= 0.6 is 0 Å². The van der Waals surface area contributed by atoms with Gasteiger partial charge in [0, 0.05) is 52.2 Å². The summed E-state index contributed by atoms with van der Waals surface area (Å²) in [7, 11) is 3.90. The molecule has 0 radical (unpaired) electrons. The molecular weight excluding hydrogens is 307 g/mol. The molecular formula is C17H19FN6. The van der Waals surface area contributed by atoms with Gasteiger partial charge in [-0.1, -0.05) is 0 Å². The van der Waals surface area contributed by atoms with Crippen molar-refractivity contribution < 1.29 is 4.39 Å². The molecule has 1 aliphatic rings. The molecule has 0 atom stereocenters. The second kappa shape index (κ2) is 6.71. The van der Waals surface area contributed by atoms with Crippen molar-refractivity contribution in [1.29, 1.82) is 5.26 Å². The lowest BCUT2D eigenvalue weighted by Crippen LogP contribution is -2.47. The summed E-state index contributed by atoms with van der Waals surface area (Å²) < 4.78 is 13.8. The van der Waals surface area contributed by atoms with Gasteiger partial charge in [-0.2, -0.15) is 10.2 Å². The third-order valence-corrected chi connectivity index (χ3v) is 4.09. The van der Waals surface area contributed by atoms with Crippen LogP contribution < -0.4 is 14.7 Å². The van der Waals surface area contributed by atoms with Crippen LogP contribution in [0.4, 0.5) is 21.8 Å². The van der Waals surface area contributed by atoms with Gasteiger partial charge in [-0.3, -0.25) is 0 Å². The Bertz CT molecular complexity index is 762. The molecule has 1 aromatic heterocycles. The molecule has 7 heteroatoms. The normalized spacial score (nSPS) is 14.4. The molecule has 0 saturated carbocycles. The molecule has 0 aliphatic carbocycles. The smallest absolute Gasteiger partial charge is 0.227 e. The van der Waals surface area contributed by atoms with Crippen molar-refractivity contribution in [1.82, 2.24) is 9.97 Å². The number of rotatable bonds is 3. The number of halogens is 1. The van der Waals surface area contributed by atoms with E-state index in [1.54, 1.807) is 12.3 Å². The number of anilines is 3. The van der Waals surface area contributed by atoms with E-state index in [4.69, 9.17) is 5.26 Å². The van der Waals surface area contributed by atoms with Gasteiger partial charge in [0.25, 0.3) is 0 Å². The van der Waals surface area contributed by atoms with Crippen LogP contribution in [-0.2, 0) is 0 Å². The van der Waals surface area contributed by atoms with E-state index in [2.05, 4.69) is 19.8 Å². The van der Waals surface area contributed by atoms with Gasteiger partial charge in [0.2, 0.25) is 5.95 Å². The minimum Gasteiger partial charge on any atom is -0.368 e. The molecule has 1 aliphatic heterocycles. The fraction of sp³-hybridized carbons (Fsp3) is 0.353. The van der Waals surface area contributed by atoms with E-state index in [1.807, 2.05) is 31.1 Å². The molecule has 124 valence electrons. The summed E-state index contributed by atoms with van der Waals surface area (Å²) >= 11 is 0. The first kappa shape index (κ1) is 16.0. The molecule has 3 rings (SSSR count). The zero-order chi connectivity index (χ0) is 17.1. The highest BCUT2D eigenvalue weighted by Crippen LogP contribution is 2.21. The van der Waals surface area contributed by atoms with Crippen molar-refractivity contribution >= 4 is 17.5 Å². The van der Waals surface area contributed by atoms with Crippen LogP contribution in [0, 0.1) is 17.1 Å². The number of nitriles is 1. The molecule has 0 bridgehead atoms. The van der Waals surface area contributed by atoms with Crippen molar-refractivity contribution in [2.75, 3.05) is 55.0 Å². The average Bonchev–Trinajstić information content (AvgIpc) is 2.62. The largest absolute Gasteiger partial charge is 0.368 e. The molecule has 1 saturated heterocycles. The molecule has 0 N–H and O–H groups in total. The lowest BCUT2D eigenvalue weighted by molar-refractivity contribution is 0.615. The topological polar surface area (TPSA) is 59.3 Å². The monoisotopic (exact) mass is 326 g/mol.